The van der Waals surface area contributed by atoms with Gasteiger partial charge in [-0.1, -0.05) is 25.1 Å². The second-order valence-electron chi connectivity index (χ2n) is 3.67. The van der Waals surface area contributed by atoms with Gasteiger partial charge in [-0.15, -0.1) is 11.3 Å². The van der Waals surface area contributed by atoms with E-state index in [1.54, 1.807) is 23.0 Å². The number of hydrogen-bond acceptors (Lipinski definition) is 4. The average Bonchev–Trinajstić information content (AvgIpc) is 2.88. The van der Waals surface area contributed by atoms with Crippen LogP contribution < -0.4 is 4.74 Å². The molecule has 0 aliphatic rings. The Hall–Kier alpha value is -1.39. The van der Waals surface area contributed by atoms with Crippen LogP contribution in [0.4, 0.5) is 0 Å². The number of rotatable bonds is 5. The van der Waals surface area contributed by atoms with Crippen LogP contribution >= 0.6 is 11.3 Å². The number of aliphatic hydroxyl groups is 1. The van der Waals surface area contributed by atoms with Gasteiger partial charge in [0.25, 0.3) is 0 Å². The number of hydrogen-bond donors (Lipinski definition) is 1. The first kappa shape index (κ1) is 12.1. The normalized spacial score (nSPS) is 10.5. The van der Waals surface area contributed by atoms with E-state index in [1.165, 1.54) is 0 Å². The Morgan fingerprint density at radius 3 is 2.82 bits per heavy atom. The lowest BCUT2D eigenvalue weighted by atomic mass is 10.1. The average molecular weight is 249 g/mol. The maximum atomic E-state index is 9.31. The fourth-order valence-electron chi connectivity index (χ4n) is 1.68. The highest BCUT2D eigenvalue weighted by molar-refractivity contribution is 7.09. The van der Waals surface area contributed by atoms with Crippen molar-refractivity contribution in [2.45, 2.75) is 26.6 Å². The highest BCUT2D eigenvalue weighted by atomic mass is 32.1. The topological polar surface area (TPSA) is 42.4 Å². The summed E-state index contributed by atoms with van der Waals surface area (Å²) in [6.07, 6.45) is 2.70. The largest absolute Gasteiger partial charge is 0.487 e. The lowest BCUT2D eigenvalue weighted by molar-refractivity contribution is 0.258. The number of thiazole rings is 1. The standard InChI is InChI=1S/C13H15NO2S/c1-2-10-4-3-5-11(7-15)13(10)16-8-12-6-14-9-17-12/h3-6,9,15H,2,7-8H2,1H3. The molecule has 0 unspecified atom stereocenters. The molecule has 0 saturated carbocycles. The van der Waals surface area contributed by atoms with Crippen LogP contribution in [0, 0.1) is 0 Å². The van der Waals surface area contributed by atoms with Crippen molar-refractivity contribution in [1.82, 2.24) is 4.98 Å². The molecule has 0 aliphatic carbocycles. The molecule has 17 heavy (non-hydrogen) atoms. The minimum atomic E-state index is 0.00582. The third-order valence-corrected chi connectivity index (χ3v) is 3.32. The Bertz CT molecular complexity index is 446. The zero-order valence-electron chi connectivity index (χ0n) is 9.72. The van der Waals surface area contributed by atoms with Crippen molar-refractivity contribution < 1.29 is 9.84 Å². The second-order valence-corrected chi connectivity index (χ2v) is 4.64. The highest BCUT2D eigenvalue weighted by Gasteiger charge is 2.08. The highest BCUT2D eigenvalue weighted by Crippen LogP contribution is 2.26. The Balaban J connectivity index is 2.18. The molecule has 4 heteroatoms. The first-order valence-electron chi connectivity index (χ1n) is 5.57. The summed E-state index contributed by atoms with van der Waals surface area (Å²) in [5, 5.41) is 9.31. The molecule has 1 N–H and O–H groups in total. The van der Waals surface area contributed by atoms with Gasteiger partial charge in [-0.3, -0.25) is 4.98 Å². The molecular weight excluding hydrogens is 234 g/mol. The van der Waals surface area contributed by atoms with Gasteiger partial charge in [0, 0.05) is 11.8 Å². The van der Waals surface area contributed by atoms with E-state index in [0.29, 0.717) is 6.61 Å². The fourth-order valence-corrected chi connectivity index (χ4v) is 2.19. The minimum Gasteiger partial charge on any atom is -0.487 e. The molecule has 0 radical (unpaired) electrons. The van der Waals surface area contributed by atoms with Crippen LogP contribution in [0.25, 0.3) is 0 Å². The Morgan fingerprint density at radius 1 is 1.35 bits per heavy atom. The van der Waals surface area contributed by atoms with Gasteiger partial charge in [0.15, 0.2) is 0 Å². The van der Waals surface area contributed by atoms with Gasteiger partial charge in [0.2, 0.25) is 0 Å². The molecule has 1 aromatic carbocycles. The van der Waals surface area contributed by atoms with E-state index in [0.717, 1.165) is 28.2 Å². The minimum absolute atomic E-state index is 0.00582. The molecule has 2 aromatic rings. The molecule has 2 rings (SSSR count). The van der Waals surface area contributed by atoms with Crippen LogP contribution in [0.2, 0.25) is 0 Å². The van der Waals surface area contributed by atoms with E-state index in [4.69, 9.17) is 4.74 Å². The van der Waals surface area contributed by atoms with Crippen LogP contribution in [0.15, 0.2) is 29.9 Å². The molecule has 0 aliphatic heterocycles. The van der Waals surface area contributed by atoms with Crippen LogP contribution in [0.5, 0.6) is 5.75 Å². The van der Waals surface area contributed by atoms with Gasteiger partial charge < -0.3 is 9.84 Å². The second kappa shape index (κ2) is 5.80. The summed E-state index contributed by atoms with van der Waals surface area (Å²) in [6, 6.07) is 5.87. The van der Waals surface area contributed by atoms with E-state index < -0.39 is 0 Å². The van der Waals surface area contributed by atoms with E-state index in [1.807, 2.05) is 18.2 Å². The zero-order valence-corrected chi connectivity index (χ0v) is 10.5. The molecule has 0 fully saturated rings. The summed E-state index contributed by atoms with van der Waals surface area (Å²) in [5.74, 6) is 0.811. The summed E-state index contributed by atoms with van der Waals surface area (Å²) < 4.78 is 5.80. The Kier molecular flexibility index (Phi) is 4.12. The Labute approximate surface area is 105 Å². The van der Waals surface area contributed by atoms with E-state index in [2.05, 4.69) is 11.9 Å². The molecule has 0 saturated heterocycles. The maximum Gasteiger partial charge on any atom is 0.128 e. The van der Waals surface area contributed by atoms with E-state index >= 15 is 0 Å². The number of nitrogens with zero attached hydrogens (tertiary/aromatic N) is 1. The van der Waals surface area contributed by atoms with Crippen molar-refractivity contribution in [2.24, 2.45) is 0 Å². The number of ether oxygens (including phenoxy) is 1. The van der Waals surface area contributed by atoms with Gasteiger partial charge in [-0.2, -0.15) is 0 Å². The van der Waals surface area contributed by atoms with Crippen LogP contribution in [-0.4, -0.2) is 10.1 Å². The predicted molar refractivity (Wildman–Crippen MR) is 68.2 cm³/mol. The first-order valence-corrected chi connectivity index (χ1v) is 6.45. The lowest BCUT2D eigenvalue weighted by Gasteiger charge is -2.13. The molecule has 90 valence electrons. The molecule has 0 amide bonds. The zero-order chi connectivity index (χ0) is 12.1. The van der Waals surface area contributed by atoms with Crippen molar-refractivity contribution in [3.05, 3.63) is 45.9 Å². The number of aromatic nitrogens is 1. The van der Waals surface area contributed by atoms with E-state index in [9.17, 15) is 5.11 Å². The summed E-state index contributed by atoms with van der Waals surface area (Å²) in [7, 11) is 0. The van der Waals surface area contributed by atoms with Crippen LogP contribution in [-0.2, 0) is 19.6 Å². The van der Waals surface area contributed by atoms with Crippen molar-refractivity contribution in [2.75, 3.05) is 0 Å². The van der Waals surface area contributed by atoms with Gasteiger partial charge in [-0.25, -0.2) is 0 Å². The van der Waals surface area contributed by atoms with Crippen molar-refractivity contribution in [1.29, 1.82) is 0 Å². The van der Waals surface area contributed by atoms with Crippen molar-refractivity contribution in [3.8, 4) is 5.75 Å². The number of benzene rings is 1. The maximum absolute atomic E-state index is 9.31. The third kappa shape index (κ3) is 2.84. The molecule has 0 spiro atoms. The Morgan fingerprint density at radius 2 is 2.18 bits per heavy atom. The molecule has 3 nitrogen and oxygen atoms in total. The number of aryl methyl sites for hydroxylation is 1. The van der Waals surface area contributed by atoms with E-state index in [-0.39, 0.29) is 6.61 Å². The summed E-state index contributed by atoms with van der Waals surface area (Å²) in [5.41, 5.74) is 3.76. The smallest absolute Gasteiger partial charge is 0.128 e. The SMILES string of the molecule is CCc1cccc(CO)c1OCc1cncs1. The van der Waals surface area contributed by atoms with Crippen molar-refractivity contribution >= 4 is 11.3 Å². The third-order valence-electron chi connectivity index (χ3n) is 2.57. The van der Waals surface area contributed by atoms with Gasteiger partial charge in [0.1, 0.15) is 12.4 Å². The number of para-hydroxylation sites is 1. The summed E-state index contributed by atoms with van der Waals surface area (Å²) >= 11 is 1.57. The molecule has 0 bridgehead atoms. The van der Waals surface area contributed by atoms with Crippen LogP contribution in [0.3, 0.4) is 0 Å². The number of aliphatic hydroxyl groups excluding tert-OH is 1. The quantitative estimate of drug-likeness (QED) is 0.886. The molecule has 1 aromatic heterocycles. The summed E-state index contributed by atoms with van der Waals surface area (Å²) in [4.78, 5) is 5.09. The molecule has 1 heterocycles. The first-order chi connectivity index (χ1) is 8.35. The summed E-state index contributed by atoms with van der Waals surface area (Å²) in [6.45, 7) is 2.59. The molecular formula is C13H15NO2S. The fraction of sp³-hybridized carbons (Fsp3) is 0.308. The monoisotopic (exact) mass is 249 g/mol. The van der Waals surface area contributed by atoms with Crippen LogP contribution in [0.1, 0.15) is 22.9 Å². The van der Waals surface area contributed by atoms with Gasteiger partial charge in [-0.05, 0) is 12.0 Å². The van der Waals surface area contributed by atoms with Gasteiger partial charge in [0.05, 0.1) is 17.0 Å². The van der Waals surface area contributed by atoms with Gasteiger partial charge >= 0.3 is 0 Å². The lowest BCUT2D eigenvalue weighted by Crippen LogP contribution is -2.01. The predicted octanol–water partition coefficient (Wildman–Crippen LogP) is 2.78. The molecule has 0 atom stereocenters. The van der Waals surface area contributed by atoms with Crippen molar-refractivity contribution in [3.63, 3.8) is 0 Å².